The topological polar surface area (TPSA) is 45.3 Å². The Morgan fingerprint density at radius 3 is 2.87 bits per heavy atom. The fraction of sp³-hybridized carbons (Fsp3) is 0.438. The van der Waals surface area contributed by atoms with Crippen molar-refractivity contribution in [3.63, 3.8) is 0 Å². The number of pyridine rings is 1. The zero-order valence-electron chi connectivity index (χ0n) is 12.6. The van der Waals surface area contributed by atoms with E-state index >= 15 is 0 Å². The Hall–Kier alpha value is -1.86. The van der Waals surface area contributed by atoms with Gasteiger partial charge in [0.2, 0.25) is 0 Å². The van der Waals surface area contributed by atoms with Crippen LogP contribution in [0.5, 0.6) is 0 Å². The Kier molecular flexibility index (Phi) is 4.16. The van der Waals surface area contributed by atoms with Gasteiger partial charge in [0, 0.05) is 30.7 Å². The molecule has 1 N–H and O–H groups in total. The third-order valence-corrected chi connectivity index (χ3v) is 3.99. The number of hydrogen-bond donors (Lipinski definition) is 1. The number of aryl methyl sites for hydroxylation is 1. The molecular formula is C16H17F3N2O2. The largest absolute Gasteiger partial charge is 0.415 e. The van der Waals surface area contributed by atoms with E-state index in [4.69, 9.17) is 4.74 Å². The van der Waals surface area contributed by atoms with Crippen molar-refractivity contribution >= 4 is 10.9 Å². The second kappa shape index (κ2) is 5.98. The van der Waals surface area contributed by atoms with Crippen molar-refractivity contribution in [2.75, 3.05) is 19.7 Å². The number of fused-ring (bicyclic) bond motifs is 1. The summed E-state index contributed by atoms with van der Waals surface area (Å²) in [6.07, 6.45) is -6.18. The molecule has 0 spiro atoms. The van der Waals surface area contributed by atoms with Crippen LogP contribution in [0.25, 0.3) is 10.9 Å². The smallest absolute Gasteiger partial charge is 0.366 e. The Bertz CT molecular complexity index is 770. The number of H-pyrrole nitrogens is 1. The van der Waals surface area contributed by atoms with Gasteiger partial charge in [-0.15, -0.1) is 0 Å². The van der Waals surface area contributed by atoms with E-state index in [9.17, 15) is 18.0 Å². The van der Waals surface area contributed by atoms with E-state index in [0.29, 0.717) is 12.1 Å². The summed E-state index contributed by atoms with van der Waals surface area (Å²) in [4.78, 5) is 16.5. The predicted molar refractivity (Wildman–Crippen MR) is 80.4 cm³/mol. The molecule has 0 saturated carbocycles. The minimum atomic E-state index is -4.38. The van der Waals surface area contributed by atoms with E-state index in [1.165, 1.54) is 0 Å². The van der Waals surface area contributed by atoms with Gasteiger partial charge in [-0.25, -0.2) is 0 Å². The molecule has 0 amide bonds. The number of hydrogen-bond acceptors (Lipinski definition) is 3. The zero-order chi connectivity index (χ0) is 16.6. The summed E-state index contributed by atoms with van der Waals surface area (Å²) in [6.45, 7) is 2.25. The van der Waals surface area contributed by atoms with Crippen LogP contribution in [-0.4, -0.2) is 41.9 Å². The summed E-state index contributed by atoms with van der Waals surface area (Å²) in [5, 5.41) is 0.875. The van der Waals surface area contributed by atoms with Crippen molar-refractivity contribution in [3.8, 4) is 0 Å². The SMILES string of the molecule is Cc1ccc2[nH]c(=O)c(CN3CCO[C@H](C(F)(F)F)C3)cc2c1. The van der Waals surface area contributed by atoms with E-state index in [2.05, 4.69) is 4.98 Å². The lowest BCUT2D eigenvalue weighted by atomic mass is 10.1. The lowest BCUT2D eigenvalue weighted by molar-refractivity contribution is -0.237. The van der Waals surface area contributed by atoms with Crippen molar-refractivity contribution < 1.29 is 17.9 Å². The fourth-order valence-corrected chi connectivity index (χ4v) is 2.77. The Morgan fingerprint density at radius 2 is 2.13 bits per heavy atom. The number of rotatable bonds is 2. The zero-order valence-corrected chi connectivity index (χ0v) is 12.6. The molecule has 3 rings (SSSR count). The molecule has 1 saturated heterocycles. The van der Waals surface area contributed by atoms with E-state index in [0.717, 1.165) is 16.5 Å². The van der Waals surface area contributed by atoms with Gasteiger partial charge in [-0.2, -0.15) is 13.2 Å². The summed E-state index contributed by atoms with van der Waals surface area (Å²) in [5.41, 5.74) is 1.97. The van der Waals surface area contributed by atoms with Crippen LogP contribution in [0.15, 0.2) is 29.1 Å². The van der Waals surface area contributed by atoms with Crippen LogP contribution in [0.4, 0.5) is 13.2 Å². The van der Waals surface area contributed by atoms with Gasteiger partial charge in [-0.3, -0.25) is 9.69 Å². The number of morpholine rings is 1. The lowest BCUT2D eigenvalue weighted by Gasteiger charge is -2.33. The van der Waals surface area contributed by atoms with Gasteiger partial charge in [0.05, 0.1) is 6.61 Å². The first-order chi connectivity index (χ1) is 10.8. The quantitative estimate of drug-likeness (QED) is 0.923. The highest BCUT2D eigenvalue weighted by Gasteiger charge is 2.43. The third-order valence-electron chi connectivity index (χ3n) is 3.99. The van der Waals surface area contributed by atoms with Crippen LogP contribution >= 0.6 is 0 Å². The van der Waals surface area contributed by atoms with Gasteiger partial charge in [0.25, 0.3) is 5.56 Å². The van der Waals surface area contributed by atoms with Crippen LogP contribution in [0.2, 0.25) is 0 Å². The summed E-state index contributed by atoms with van der Waals surface area (Å²) in [5.74, 6) is 0. The first-order valence-electron chi connectivity index (χ1n) is 7.36. The molecule has 23 heavy (non-hydrogen) atoms. The Morgan fingerprint density at radius 1 is 1.35 bits per heavy atom. The third kappa shape index (κ3) is 3.56. The summed E-state index contributed by atoms with van der Waals surface area (Å²) in [7, 11) is 0. The van der Waals surface area contributed by atoms with E-state index in [-0.39, 0.29) is 25.3 Å². The molecule has 1 aromatic carbocycles. The molecule has 1 fully saturated rings. The maximum absolute atomic E-state index is 12.8. The first kappa shape index (κ1) is 16.0. The number of benzene rings is 1. The molecule has 1 aliphatic heterocycles. The standard InChI is InChI=1S/C16H17F3N2O2/c1-10-2-3-13-11(6-10)7-12(15(22)20-13)8-21-4-5-23-14(9-21)16(17,18)19/h2-3,6-7,14H,4-5,8-9H2,1H3,(H,20,22)/t14-/m0/s1. The Balaban J connectivity index is 1.83. The molecular weight excluding hydrogens is 309 g/mol. The molecule has 1 aromatic heterocycles. The van der Waals surface area contributed by atoms with Gasteiger partial charge in [-0.1, -0.05) is 11.6 Å². The molecule has 0 bridgehead atoms. The molecule has 0 radical (unpaired) electrons. The second-order valence-electron chi connectivity index (χ2n) is 5.85. The van der Waals surface area contributed by atoms with Crippen LogP contribution < -0.4 is 5.56 Å². The van der Waals surface area contributed by atoms with Gasteiger partial charge in [0.15, 0.2) is 6.10 Å². The molecule has 124 valence electrons. The van der Waals surface area contributed by atoms with Crippen molar-refractivity contribution in [2.45, 2.75) is 25.7 Å². The maximum atomic E-state index is 12.8. The molecule has 2 aromatic rings. The fourth-order valence-electron chi connectivity index (χ4n) is 2.77. The highest BCUT2D eigenvalue weighted by Crippen LogP contribution is 2.26. The minimum Gasteiger partial charge on any atom is -0.366 e. The minimum absolute atomic E-state index is 0.00870. The molecule has 2 heterocycles. The summed E-state index contributed by atoms with van der Waals surface area (Å²) in [6, 6.07) is 7.41. The van der Waals surface area contributed by atoms with Crippen LogP contribution in [0.1, 0.15) is 11.1 Å². The number of aromatic amines is 1. The number of nitrogens with zero attached hydrogens (tertiary/aromatic N) is 1. The van der Waals surface area contributed by atoms with E-state index in [1.54, 1.807) is 11.0 Å². The van der Waals surface area contributed by atoms with Crippen molar-refractivity contribution in [3.05, 3.63) is 45.7 Å². The van der Waals surface area contributed by atoms with Gasteiger partial charge in [0.1, 0.15) is 0 Å². The number of halogens is 3. The summed E-state index contributed by atoms with van der Waals surface area (Å²) < 4.78 is 43.1. The average molecular weight is 326 g/mol. The van der Waals surface area contributed by atoms with Crippen LogP contribution in [0, 0.1) is 6.92 Å². The predicted octanol–water partition coefficient (Wildman–Crippen LogP) is 2.60. The van der Waals surface area contributed by atoms with Crippen molar-refractivity contribution in [1.29, 1.82) is 0 Å². The highest BCUT2D eigenvalue weighted by atomic mass is 19.4. The molecule has 1 aliphatic rings. The normalized spacial score (nSPS) is 20.1. The molecule has 7 heteroatoms. The highest BCUT2D eigenvalue weighted by molar-refractivity contribution is 5.79. The van der Waals surface area contributed by atoms with E-state index in [1.807, 2.05) is 25.1 Å². The number of aromatic nitrogens is 1. The first-order valence-corrected chi connectivity index (χ1v) is 7.36. The molecule has 0 aliphatic carbocycles. The maximum Gasteiger partial charge on any atom is 0.415 e. The van der Waals surface area contributed by atoms with Crippen molar-refractivity contribution in [1.82, 2.24) is 9.88 Å². The van der Waals surface area contributed by atoms with Crippen LogP contribution in [-0.2, 0) is 11.3 Å². The monoisotopic (exact) mass is 326 g/mol. The molecule has 4 nitrogen and oxygen atoms in total. The second-order valence-corrected chi connectivity index (χ2v) is 5.85. The summed E-state index contributed by atoms with van der Waals surface area (Å²) >= 11 is 0. The van der Waals surface area contributed by atoms with E-state index < -0.39 is 12.3 Å². The van der Waals surface area contributed by atoms with Crippen LogP contribution in [0.3, 0.4) is 0 Å². The molecule has 0 unspecified atom stereocenters. The molecule has 1 atom stereocenters. The van der Waals surface area contributed by atoms with Crippen molar-refractivity contribution in [2.24, 2.45) is 0 Å². The number of ether oxygens (including phenoxy) is 1. The number of nitrogens with one attached hydrogen (secondary N) is 1. The number of alkyl halides is 3. The lowest BCUT2D eigenvalue weighted by Crippen LogP contribution is -2.49. The van der Waals surface area contributed by atoms with Gasteiger partial charge < -0.3 is 9.72 Å². The average Bonchev–Trinajstić information content (AvgIpc) is 2.48. The Labute approximate surface area is 130 Å². The van der Waals surface area contributed by atoms with Gasteiger partial charge in [-0.05, 0) is 30.5 Å². The van der Waals surface area contributed by atoms with Gasteiger partial charge >= 0.3 is 6.18 Å².